The Balaban J connectivity index is 1.82. The summed E-state index contributed by atoms with van der Waals surface area (Å²) < 4.78 is 1.28. The molecule has 4 rings (SSSR count). The van der Waals surface area contributed by atoms with Gasteiger partial charge in [0.05, 0.1) is 10.9 Å². The summed E-state index contributed by atoms with van der Waals surface area (Å²) in [7, 11) is 0. The lowest BCUT2D eigenvalue weighted by molar-refractivity contribution is 0.0989. The van der Waals surface area contributed by atoms with Gasteiger partial charge in [0, 0.05) is 17.3 Å². The standard InChI is InChI=1S/C22H21N5O3/c1-4-9-27-22(30)15-8-6-5-7-14(15)19(26-27)21(29)25-24-18-16-11-12(2)10-13(3)17(16)23-20(18)28/h5-8,10-11,23,28H,4,9H2,1-3H3. The highest BCUT2D eigenvalue weighted by molar-refractivity contribution is 6.05. The number of nitrogens with zero attached hydrogens (tertiary/aromatic N) is 4. The summed E-state index contributed by atoms with van der Waals surface area (Å²) in [6, 6.07) is 10.7. The van der Waals surface area contributed by atoms with E-state index < -0.39 is 5.91 Å². The van der Waals surface area contributed by atoms with Gasteiger partial charge in [-0.25, -0.2) is 4.68 Å². The largest absolute Gasteiger partial charge is 0.493 e. The Labute approximate surface area is 171 Å². The van der Waals surface area contributed by atoms with Crippen LogP contribution in [-0.4, -0.2) is 25.8 Å². The summed E-state index contributed by atoms with van der Waals surface area (Å²) >= 11 is 0. The molecule has 1 amide bonds. The van der Waals surface area contributed by atoms with Crippen LogP contribution in [0.1, 0.15) is 35.0 Å². The molecule has 0 radical (unpaired) electrons. The lowest BCUT2D eigenvalue weighted by Gasteiger charge is -2.07. The number of aryl methyl sites for hydroxylation is 3. The average molecular weight is 403 g/mol. The van der Waals surface area contributed by atoms with Crippen molar-refractivity contribution < 1.29 is 9.90 Å². The molecular weight excluding hydrogens is 382 g/mol. The monoisotopic (exact) mass is 403 g/mol. The van der Waals surface area contributed by atoms with Crippen LogP contribution in [0.2, 0.25) is 0 Å². The van der Waals surface area contributed by atoms with Gasteiger partial charge in [-0.05, 0) is 38.0 Å². The molecule has 30 heavy (non-hydrogen) atoms. The number of hydrogen-bond donors (Lipinski definition) is 2. The van der Waals surface area contributed by atoms with Gasteiger partial charge in [-0.2, -0.15) is 5.10 Å². The molecule has 2 N–H and O–H groups in total. The molecule has 2 heterocycles. The second kappa shape index (κ2) is 7.55. The van der Waals surface area contributed by atoms with Crippen molar-refractivity contribution in [2.24, 2.45) is 10.2 Å². The van der Waals surface area contributed by atoms with E-state index in [1.54, 1.807) is 24.3 Å². The van der Waals surface area contributed by atoms with Crippen molar-refractivity contribution in [2.45, 2.75) is 33.7 Å². The Morgan fingerprint density at radius 2 is 1.90 bits per heavy atom. The average Bonchev–Trinajstić information content (AvgIpc) is 3.04. The molecule has 8 heteroatoms. The zero-order valence-electron chi connectivity index (χ0n) is 16.9. The molecule has 0 spiro atoms. The van der Waals surface area contributed by atoms with Gasteiger partial charge in [0.15, 0.2) is 11.4 Å². The van der Waals surface area contributed by atoms with Crippen molar-refractivity contribution in [1.82, 2.24) is 14.8 Å². The van der Waals surface area contributed by atoms with Gasteiger partial charge in [0.25, 0.3) is 5.56 Å². The van der Waals surface area contributed by atoms with E-state index >= 15 is 0 Å². The van der Waals surface area contributed by atoms with E-state index in [1.807, 2.05) is 32.9 Å². The van der Waals surface area contributed by atoms with Crippen LogP contribution in [0.4, 0.5) is 5.69 Å². The van der Waals surface area contributed by atoms with E-state index in [2.05, 4.69) is 20.3 Å². The molecular formula is C22H21N5O3. The second-order valence-electron chi connectivity index (χ2n) is 7.25. The number of amides is 1. The van der Waals surface area contributed by atoms with Crippen LogP contribution in [0.5, 0.6) is 5.88 Å². The van der Waals surface area contributed by atoms with Gasteiger partial charge in [-0.1, -0.05) is 36.8 Å². The summed E-state index contributed by atoms with van der Waals surface area (Å²) in [6.45, 7) is 6.18. The molecule has 2 aromatic heterocycles. The third-order valence-electron chi connectivity index (χ3n) is 4.95. The molecule has 0 atom stereocenters. The fourth-order valence-electron chi connectivity index (χ4n) is 3.63. The number of carbonyl (C=O) groups is 1. The molecule has 0 aliphatic heterocycles. The third-order valence-corrected chi connectivity index (χ3v) is 4.95. The van der Waals surface area contributed by atoms with Crippen molar-refractivity contribution in [3.05, 3.63) is 63.6 Å². The summed E-state index contributed by atoms with van der Waals surface area (Å²) in [6.07, 6.45) is 0.697. The van der Waals surface area contributed by atoms with Crippen molar-refractivity contribution >= 4 is 33.3 Å². The van der Waals surface area contributed by atoms with E-state index in [0.717, 1.165) is 16.6 Å². The first-order valence-corrected chi connectivity index (χ1v) is 9.68. The third kappa shape index (κ3) is 3.26. The van der Waals surface area contributed by atoms with Gasteiger partial charge in [0.2, 0.25) is 5.88 Å². The number of carbonyl (C=O) groups excluding carboxylic acids is 1. The van der Waals surface area contributed by atoms with Crippen molar-refractivity contribution in [3.63, 3.8) is 0 Å². The van der Waals surface area contributed by atoms with Crippen LogP contribution in [0, 0.1) is 13.8 Å². The maximum atomic E-state index is 12.9. The van der Waals surface area contributed by atoms with Crippen LogP contribution in [0.3, 0.4) is 0 Å². The SMILES string of the molecule is CCCn1nc(C(=O)N=Nc2c(O)[nH]c3c(C)cc(C)cc23)c2ccccc2c1=O. The van der Waals surface area contributed by atoms with Crippen LogP contribution in [0.25, 0.3) is 21.7 Å². The molecule has 8 nitrogen and oxygen atoms in total. The Hall–Kier alpha value is -3.81. The van der Waals surface area contributed by atoms with Crippen LogP contribution >= 0.6 is 0 Å². The minimum atomic E-state index is -0.686. The number of fused-ring (bicyclic) bond motifs is 2. The summed E-state index contributed by atoms with van der Waals surface area (Å²) in [5.41, 5.74) is 2.68. The second-order valence-corrected chi connectivity index (χ2v) is 7.25. The summed E-state index contributed by atoms with van der Waals surface area (Å²) in [5.74, 6) is -0.849. The van der Waals surface area contributed by atoms with Gasteiger partial charge >= 0.3 is 5.91 Å². The Kier molecular flexibility index (Phi) is 4.91. The fourth-order valence-corrected chi connectivity index (χ4v) is 3.63. The number of nitrogens with one attached hydrogen (secondary N) is 1. The predicted molar refractivity (Wildman–Crippen MR) is 115 cm³/mol. The Morgan fingerprint density at radius 1 is 1.17 bits per heavy atom. The van der Waals surface area contributed by atoms with Gasteiger partial charge in [0.1, 0.15) is 0 Å². The lowest BCUT2D eigenvalue weighted by atomic mass is 10.1. The van der Waals surface area contributed by atoms with Crippen LogP contribution < -0.4 is 5.56 Å². The first-order valence-electron chi connectivity index (χ1n) is 9.68. The molecule has 0 unspecified atom stereocenters. The molecule has 152 valence electrons. The number of benzene rings is 2. The highest BCUT2D eigenvalue weighted by atomic mass is 16.3. The van der Waals surface area contributed by atoms with E-state index in [0.29, 0.717) is 29.1 Å². The minimum absolute atomic E-state index is 0.0501. The fraction of sp³-hybridized carbons (Fsp3) is 0.227. The van der Waals surface area contributed by atoms with E-state index in [-0.39, 0.29) is 22.8 Å². The first-order chi connectivity index (χ1) is 14.4. The van der Waals surface area contributed by atoms with Gasteiger partial charge in [-0.3, -0.25) is 9.59 Å². The van der Waals surface area contributed by atoms with Crippen molar-refractivity contribution in [3.8, 4) is 5.88 Å². The van der Waals surface area contributed by atoms with Crippen LogP contribution in [-0.2, 0) is 6.54 Å². The summed E-state index contributed by atoms with van der Waals surface area (Å²) in [4.78, 5) is 28.3. The number of aromatic nitrogens is 3. The van der Waals surface area contributed by atoms with E-state index in [9.17, 15) is 14.7 Å². The van der Waals surface area contributed by atoms with E-state index in [1.165, 1.54) is 4.68 Å². The molecule has 4 aromatic rings. The smallest absolute Gasteiger partial charge is 0.316 e. The molecule has 0 saturated carbocycles. The molecule has 0 bridgehead atoms. The van der Waals surface area contributed by atoms with Crippen LogP contribution in [0.15, 0.2) is 51.4 Å². The number of hydrogen-bond acceptors (Lipinski definition) is 5. The molecule has 0 aliphatic carbocycles. The van der Waals surface area contributed by atoms with E-state index in [4.69, 9.17) is 0 Å². The zero-order valence-corrected chi connectivity index (χ0v) is 16.9. The first kappa shape index (κ1) is 19.5. The summed E-state index contributed by atoms with van der Waals surface area (Å²) in [5, 5.41) is 23.9. The highest BCUT2D eigenvalue weighted by Gasteiger charge is 2.18. The van der Waals surface area contributed by atoms with Gasteiger partial charge < -0.3 is 10.1 Å². The number of aromatic amines is 1. The number of H-pyrrole nitrogens is 1. The molecule has 2 aromatic carbocycles. The number of aromatic hydroxyl groups is 1. The van der Waals surface area contributed by atoms with Crippen molar-refractivity contribution in [2.75, 3.05) is 0 Å². The van der Waals surface area contributed by atoms with Gasteiger partial charge in [-0.15, -0.1) is 10.2 Å². The topological polar surface area (TPSA) is 113 Å². The maximum absolute atomic E-state index is 12.9. The molecule has 0 fully saturated rings. The number of rotatable bonds is 4. The maximum Gasteiger partial charge on any atom is 0.316 e. The Morgan fingerprint density at radius 3 is 2.63 bits per heavy atom. The minimum Gasteiger partial charge on any atom is -0.493 e. The normalized spacial score (nSPS) is 11.7. The molecule has 0 saturated heterocycles. The molecule has 0 aliphatic rings. The zero-order chi connectivity index (χ0) is 21.4. The highest BCUT2D eigenvalue weighted by Crippen LogP contribution is 2.37. The lowest BCUT2D eigenvalue weighted by Crippen LogP contribution is -2.25. The quantitative estimate of drug-likeness (QED) is 0.487. The Bertz CT molecular complexity index is 1380. The number of azo groups is 1. The van der Waals surface area contributed by atoms with Crippen molar-refractivity contribution in [1.29, 1.82) is 0 Å². The predicted octanol–water partition coefficient (Wildman–Crippen LogP) is 4.53.